The van der Waals surface area contributed by atoms with Crippen LogP contribution in [-0.4, -0.2) is 54.2 Å². The highest BCUT2D eigenvalue weighted by molar-refractivity contribution is 5.99. The average molecular weight is 343 g/mol. The summed E-state index contributed by atoms with van der Waals surface area (Å²) in [6, 6.07) is 7.67. The Morgan fingerprint density at radius 3 is 2.76 bits per heavy atom. The van der Waals surface area contributed by atoms with Gasteiger partial charge in [0, 0.05) is 6.42 Å². The van der Waals surface area contributed by atoms with Crippen LogP contribution in [-0.2, 0) is 23.8 Å². The monoisotopic (exact) mass is 343 g/mol. The predicted octanol–water partition coefficient (Wildman–Crippen LogP) is 1.39. The Hall–Kier alpha value is -2.67. The van der Waals surface area contributed by atoms with E-state index in [1.807, 2.05) is 30.3 Å². The highest BCUT2D eigenvalue weighted by atomic mass is 16.6. The second kappa shape index (κ2) is 5.70. The molecule has 0 N–H and O–H groups in total. The lowest BCUT2D eigenvalue weighted by atomic mass is 9.86. The number of ketones is 1. The lowest BCUT2D eigenvalue weighted by molar-refractivity contribution is -0.182. The molecule has 0 saturated carbocycles. The molecule has 2 bridgehead atoms. The number of cyclic esters (lactones) is 1. The predicted molar refractivity (Wildman–Crippen MR) is 84.5 cm³/mol. The summed E-state index contributed by atoms with van der Waals surface area (Å²) in [7, 11) is 1.23. The fourth-order valence-electron chi connectivity index (χ4n) is 3.79. The van der Waals surface area contributed by atoms with Crippen molar-refractivity contribution in [3.8, 4) is 0 Å². The fourth-order valence-corrected chi connectivity index (χ4v) is 3.79. The van der Waals surface area contributed by atoms with Crippen LogP contribution in [0.5, 0.6) is 0 Å². The summed E-state index contributed by atoms with van der Waals surface area (Å²) in [5, 5.41) is 0. The zero-order valence-corrected chi connectivity index (χ0v) is 13.6. The van der Waals surface area contributed by atoms with E-state index in [0.717, 1.165) is 5.56 Å². The molecule has 1 amide bonds. The molecule has 0 spiro atoms. The molecule has 7 nitrogen and oxygen atoms in total. The molecule has 2 saturated heterocycles. The number of amides is 1. The first-order valence-electron chi connectivity index (χ1n) is 8.05. The van der Waals surface area contributed by atoms with Gasteiger partial charge in [0.2, 0.25) is 5.60 Å². The van der Waals surface area contributed by atoms with E-state index in [1.54, 1.807) is 6.08 Å². The Kier molecular flexibility index (Phi) is 3.61. The maximum atomic E-state index is 12.8. The molecular weight excluding hydrogens is 326 g/mol. The van der Waals surface area contributed by atoms with Gasteiger partial charge in [0.05, 0.1) is 19.3 Å². The number of carbonyl (C=O) groups excluding carboxylic acids is 3. The van der Waals surface area contributed by atoms with Crippen LogP contribution in [0.25, 0.3) is 0 Å². The van der Waals surface area contributed by atoms with Gasteiger partial charge in [-0.25, -0.2) is 9.59 Å². The minimum absolute atomic E-state index is 0.102. The topological polar surface area (TPSA) is 82.1 Å². The Labute approximate surface area is 144 Å². The van der Waals surface area contributed by atoms with Crippen molar-refractivity contribution in [1.29, 1.82) is 0 Å². The Morgan fingerprint density at radius 1 is 1.28 bits per heavy atom. The van der Waals surface area contributed by atoms with Crippen LogP contribution in [0.4, 0.5) is 4.79 Å². The van der Waals surface area contributed by atoms with Crippen LogP contribution in [0.15, 0.2) is 42.5 Å². The molecule has 7 heteroatoms. The number of rotatable bonds is 3. The number of ether oxygens (including phenoxy) is 3. The number of Topliss-reactive ketones (excluding diaryl/α,β-unsaturated/α-hetero) is 1. The molecular formula is C18H17NO6. The number of methoxy groups -OCH3 is 1. The maximum Gasteiger partial charge on any atom is 0.411 e. The standard InChI is InChI=1S/C18H17NO6/c1-23-16(21)18-8-7-12(25-18)9-14(20)15(18)19-13(10-24-17(19)22)11-5-3-2-4-6-11/h2-8,12-13,15H,9-10H2,1H3/t12-,13-,15?,18?/m0/s1. The zero-order chi connectivity index (χ0) is 17.6. The van der Waals surface area contributed by atoms with E-state index in [2.05, 4.69) is 0 Å². The van der Waals surface area contributed by atoms with E-state index in [9.17, 15) is 14.4 Å². The van der Waals surface area contributed by atoms with Gasteiger partial charge in [-0.1, -0.05) is 36.4 Å². The van der Waals surface area contributed by atoms with E-state index in [1.165, 1.54) is 18.1 Å². The summed E-state index contributed by atoms with van der Waals surface area (Å²) >= 11 is 0. The number of benzene rings is 1. The summed E-state index contributed by atoms with van der Waals surface area (Å²) in [6.07, 6.45) is 2.19. The third-order valence-electron chi connectivity index (χ3n) is 4.90. The Bertz CT molecular complexity index is 760. The summed E-state index contributed by atoms with van der Waals surface area (Å²) in [5.74, 6) is -0.942. The van der Waals surface area contributed by atoms with Gasteiger partial charge in [0.15, 0.2) is 5.78 Å². The van der Waals surface area contributed by atoms with Gasteiger partial charge in [-0.15, -0.1) is 0 Å². The molecule has 3 heterocycles. The fraction of sp³-hybridized carbons (Fsp3) is 0.389. The van der Waals surface area contributed by atoms with Crippen LogP contribution in [0.1, 0.15) is 18.0 Å². The molecule has 0 aromatic heterocycles. The Morgan fingerprint density at radius 2 is 2.04 bits per heavy atom. The molecule has 0 radical (unpaired) electrons. The number of fused-ring (bicyclic) bond motifs is 2. The second-order valence-electron chi connectivity index (χ2n) is 6.28. The van der Waals surface area contributed by atoms with Crippen LogP contribution in [0, 0.1) is 0 Å². The summed E-state index contributed by atoms with van der Waals surface area (Å²) in [5.41, 5.74) is -0.796. The third-order valence-corrected chi connectivity index (χ3v) is 4.90. The van der Waals surface area contributed by atoms with E-state index in [4.69, 9.17) is 14.2 Å². The lowest BCUT2D eigenvalue weighted by Crippen LogP contribution is -2.64. The average Bonchev–Trinajstić information content (AvgIpc) is 3.18. The molecule has 130 valence electrons. The highest BCUT2D eigenvalue weighted by Crippen LogP contribution is 2.43. The highest BCUT2D eigenvalue weighted by Gasteiger charge is 2.62. The largest absolute Gasteiger partial charge is 0.467 e. The number of hydrogen-bond donors (Lipinski definition) is 0. The van der Waals surface area contributed by atoms with Gasteiger partial charge in [-0.3, -0.25) is 9.69 Å². The van der Waals surface area contributed by atoms with Gasteiger partial charge >= 0.3 is 12.1 Å². The van der Waals surface area contributed by atoms with E-state index < -0.39 is 35.9 Å². The SMILES string of the molecule is COC(=O)C12C=C[C@@H](CC(=O)C1N1C(=O)OC[C@H]1c1ccccc1)O2. The molecule has 4 atom stereocenters. The Balaban J connectivity index is 1.79. The van der Waals surface area contributed by atoms with Crippen LogP contribution in [0.3, 0.4) is 0 Å². The number of nitrogens with zero attached hydrogens (tertiary/aromatic N) is 1. The minimum Gasteiger partial charge on any atom is -0.467 e. The summed E-state index contributed by atoms with van der Waals surface area (Å²) < 4.78 is 15.9. The molecule has 2 unspecified atom stereocenters. The van der Waals surface area contributed by atoms with Crippen molar-refractivity contribution in [2.24, 2.45) is 0 Å². The van der Waals surface area contributed by atoms with Gasteiger partial charge in [-0.05, 0) is 11.6 Å². The van der Waals surface area contributed by atoms with Gasteiger partial charge < -0.3 is 14.2 Å². The third kappa shape index (κ3) is 2.26. The van der Waals surface area contributed by atoms with Crippen LogP contribution in [0.2, 0.25) is 0 Å². The van der Waals surface area contributed by atoms with Crippen molar-refractivity contribution >= 4 is 17.8 Å². The smallest absolute Gasteiger partial charge is 0.411 e. The second-order valence-corrected chi connectivity index (χ2v) is 6.28. The normalized spacial score (nSPS) is 33.5. The first-order chi connectivity index (χ1) is 12.1. The zero-order valence-electron chi connectivity index (χ0n) is 13.6. The van der Waals surface area contributed by atoms with Crippen LogP contribution < -0.4 is 0 Å². The molecule has 0 aliphatic carbocycles. The lowest BCUT2D eigenvalue weighted by Gasteiger charge is -2.42. The molecule has 1 aromatic carbocycles. The van der Waals surface area contributed by atoms with Gasteiger partial charge in [-0.2, -0.15) is 0 Å². The minimum atomic E-state index is -1.62. The van der Waals surface area contributed by atoms with Crippen molar-refractivity contribution in [2.75, 3.05) is 13.7 Å². The quantitative estimate of drug-likeness (QED) is 0.609. The molecule has 2 fully saturated rings. The molecule has 4 rings (SSSR count). The van der Waals surface area contributed by atoms with Crippen molar-refractivity contribution in [3.05, 3.63) is 48.0 Å². The molecule has 3 aliphatic rings. The van der Waals surface area contributed by atoms with Crippen molar-refractivity contribution < 1.29 is 28.6 Å². The van der Waals surface area contributed by atoms with Crippen molar-refractivity contribution in [3.63, 3.8) is 0 Å². The van der Waals surface area contributed by atoms with Crippen LogP contribution >= 0.6 is 0 Å². The first kappa shape index (κ1) is 15.8. The molecule has 3 aliphatic heterocycles. The molecule has 25 heavy (non-hydrogen) atoms. The first-order valence-corrected chi connectivity index (χ1v) is 8.05. The maximum absolute atomic E-state index is 12.8. The van der Waals surface area contributed by atoms with E-state index in [-0.39, 0.29) is 18.8 Å². The van der Waals surface area contributed by atoms with Gasteiger partial charge in [0.25, 0.3) is 0 Å². The summed E-state index contributed by atoms with van der Waals surface area (Å²) in [4.78, 5) is 39.1. The summed E-state index contributed by atoms with van der Waals surface area (Å²) in [6.45, 7) is 0.108. The molecule has 1 aromatic rings. The van der Waals surface area contributed by atoms with Gasteiger partial charge in [0.1, 0.15) is 12.6 Å². The van der Waals surface area contributed by atoms with E-state index in [0.29, 0.717) is 0 Å². The number of carbonyl (C=O) groups is 3. The van der Waals surface area contributed by atoms with Crippen molar-refractivity contribution in [2.45, 2.75) is 30.2 Å². The number of esters is 1. The van der Waals surface area contributed by atoms with E-state index >= 15 is 0 Å². The number of hydrogen-bond acceptors (Lipinski definition) is 6. The van der Waals surface area contributed by atoms with Crippen molar-refractivity contribution in [1.82, 2.24) is 4.90 Å².